The number of amides is 2. The Morgan fingerprint density at radius 3 is 2.34 bits per heavy atom. The van der Waals surface area contributed by atoms with Gasteiger partial charge in [-0.15, -0.1) is 5.11 Å². The van der Waals surface area contributed by atoms with Gasteiger partial charge in [-0.05, 0) is 18.1 Å². The Bertz CT molecular complexity index is 1420. The summed E-state index contributed by atoms with van der Waals surface area (Å²) in [7, 11) is 0.942. The van der Waals surface area contributed by atoms with Gasteiger partial charge in [0.25, 0.3) is 17.4 Å². The third-order valence-corrected chi connectivity index (χ3v) is 4.90. The normalized spacial score (nSPS) is 13.1. The number of hydrogen-bond acceptors (Lipinski definition) is 7. The molecule has 183 valence electrons. The smallest absolute Gasteiger partial charge is 0.493 e. The van der Waals surface area contributed by atoms with Crippen LogP contribution in [0.4, 0.5) is 30.2 Å². The maximum atomic E-state index is 13.6. The maximum Gasteiger partial charge on any atom is 2.00 e. The van der Waals surface area contributed by atoms with E-state index in [1.54, 1.807) is 13.8 Å². The summed E-state index contributed by atoms with van der Waals surface area (Å²) in [5.41, 5.74) is -6.48. The van der Waals surface area contributed by atoms with Crippen LogP contribution in [0, 0.1) is 23.8 Å². The minimum absolute atomic E-state index is 0. The van der Waals surface area contributed by atoms with E-state index >= 15 is 0 Å². The number of aromatic hydroxyl groups is 1. The van der Waals surface area contributed by atoms with E-state index in [4.69, 9.17) is 11.8 Å². The molecule has 1 N–H and O–H groups in total. The Kier molecular flexibility index (Phi) is 7.55. The van der Waals surface area contributed by atoms with Gasteiger partial charge in [0.15, 0.2) is 5.69 Å². The number of azo groups is 1. The van der Waals surface area contributed by atoms with Crippen molar-refractivity contribution >= 4 is 28.9 Å². The van der Waals surface area contributed by atoms with Crippen LogP contribution in [0.5, 0.6) is 5.88 Å². The average Bonchev–Trinajstić information content (AvgIpc) is 2.99. The molecule has 2 heterocycles. The van der Waals surface area contributed by atoms with Crippen LogP contribution in [-0.4, -0.2) is 32.9 Å². The van der Waals surface area contributed by atoms with Gasteiger partial charge in [-0.2, -0.15) is 23.5 Å². The van der Waals surface area contributed by atoms with E-state index in [1.807, 2.05) is 0 Å². The molecule has 1 aliphatic heterocycles. The van der Waals surface area contributed by atoms with E-state index in [9.17, 15) is 32.7 Å². The second kappa shape index (κ2) is 9.70. The number of aromatic nitrogens is 1. The number of imide groups is 1. The molecule has 35 heavy (non-hydrogen) atoms. The van der Waals surface area contributed by atoms with E-state index in [-0.39, 0.29) is 52.0 Å². The van der Waals surface area contributed by atoms with Crippen molar-refractivity contribution < 1.29 is 44.9 Å². The van der Waals surface area contributed by atoms with Gasteiger partial charge in [-0.3, -0.25) is 23.9 Å². The standard InChI is InChI=1S/C21H15F3N6O4.Cu/c1-9(2)8-30-18(32)11-5-10(6-13(26-3)14(11)19(30)33)27-28-16-15(21(22,23)24)12(7-25)17(31)29(4)20(16)34;/h5-6,9,31H,8H2,1-2,4H3;/q;+2. The predicted octanol–water partition coefficient (Wildman–Crippen LogP) is 4.20. The first-order chi connectivity index (χ1) is 15.8. The molecule has 10 nitrogen and oxygen atoms in total. The molecule has 0 aliphatic carbocycles. The van der Waals surface area contributed by atoms with Gasteiger partial charge >= 0.3 is 23.2 Å². The molecule has 14 heteroatoms. The minimum Gasteiger partial charge on any atom is -0.493 e. The maximum absolute atomic E-state index is 13.6. The average molecular weight is 536 g/mol. The molecular weight excluding hydrogens is 521 g/mol. The second-order valence-electron chi connectivity index (χ2n) is 7.71. The molecule has 0 unspecified atom stereocenters. The van der Waals surface area contributed by atoms with Crippen LogP contribution in [0.1, 0.15) is 45.7 Å². The number of alkyl halides is 3. The molecular formula is C21H15CuF3N6O4+2. The number of rotatable bonds is 4. The largest absolute Gasteiger partial charge is 2.00 e. The zero-order chi connectivity index (χ0) is 25.5. The molecule has 0 saturated carbocycles. The SMILES string of the molecule is [C-]#[N+]c1cc(N=Nc2c(C(F)(F)F)c(C#N)c(O)n(C)c2=O)cc2c1C(=O)N(CC(C)C)C2=O.[Cu+2]. The van der Waals surface area contributed by atoms with Crippen molar-refractivity contribution in [3.8, 4) is 11.9 Å². The predicted molar refractivity (Wildman–Crippen MR) is 110 cm³/mol. The number of benzene rings is 1. The molecule has 0 spiro atoms. The van der Waals surface area contributed by atoms with Crippen LogP contribution in [0.2, 0.25) is 0 Å². The van der Waals surface area contributed by atoms with Crippen LogP contribution in [-0.2, 0) is 30.3 Å². The van der Waals surface area contributed by atoms with Crippen molar-refractivity contribution in [3.05, 3.63) is 56.2 Å². The number of carbonyl (C=O) groups excluding carboxylic acids is 2. The molecule has 2 aromatic rings. The van der Waals surface area contributed by atoms with Crippen molar-refractivity contribution in [2.24, 2.45) is 23.2 Å². The van der Waals surface area contributed by atoms with Crippen molar-refractivity contribution in [3.63, 3.8) is 0 Å². The zero-order valence-corrected chi connectivity index (χ0v) is 19.2. The van der Waals surface area contributed by atoms with Gasteiger partial charge in [0.1, 0.15) is 17.2 Å². The monoisotopic (exact) mass is 535 g/mol. The van der Waals surface area contributed by atoms with Crippen molar-refractivity contribution in [1.82, 2.24) is 9.47 Å². The molecule has 2 amide bonds. The summed E-state index contributed by atoms with van der Waals surface area (Å²) in [5, 5.41) is 25.9. The van der Waals surface area contributed by atoms with Gasteiger partial charge in [0.2, 0.25) is 11.6 Å². The van der Waals surface area contributed by atoms with E-state index in [2.05, 4.69) is 15.1 Å². The summed E-state index contributed by atoms with van der Waals surface area (Å²) >= 11 is 0. The summed E-state index contributed by atoms with van der Waals surface area (Å²) in [4.78, 5) is 41.9. The molecule has 1 radical (unpaired) electrons. The number of nitrogens with zero attached hydrogens (tertiary/aromatic N) is 6. The summed E-state index contributed by atoms with van der Waals surface area (Å²) < 4.78 is 41.2. The molecule has 0 atom stereocenters. The van der Waals surface area contributed by atoms with E-state index < -0.39 is 46.2 Å². The van der Waals surface area contributed by atoms with Crippen LogP contribution >= 0.6 is 0 Å². The summed E-state index contributed by atoms with van der Waals surface area (Å²) in [6.07, 6.45) is -5.23. The zero-order valence-electron chi connectivity index (χ0n) is 18.2. The third kappa shape index (κ3) is 4.67. The van der Waals surface area contributed by atoms with Gasteiger partial charge in [-0.1, -0.05) is 13.8 Å². The van der Waals surface area contributed by atoms with Crippen LogP contribution in [0.15, 0.2) is 27.2 Å². The van der Waals surface area contributed by atoms with Gasteiger partial charge in [-0.25, -0.2) is 4.85 Å². The number of fused-ring (bicyclic) bond motifs is 1. The quantitative estimate of drug-likeness (QED) is 0.271. The Balaban J connectivity index is 0.00000432. The van der Waals surface area contributed by atoms with E-state index in [0.717, 1.165) is 24.1 Å². The third-order valence-electron chi connectivity index (χ3n) is 4.90. The fourth-order valence-electron chi connectivity index (χ4n) is 3.40. The first-order valence-corrected chi connectivity index (χ1v) is 9.60. The molecule has 1 aromatic carbocycles. The molecule has 3 rings (SSSR count). The molecule has 1 aromatic heterocycles. The van der Waals surface area contributed by atoms with Crippen molar-refractivity contribution in [1.29, 1.82) is 5.26 Å². The fourth-order valence-corrected chi connectivity index (χ4v) is 3.40. The summed E-state index contributed by atoms with van der Waals surface area (Å²) in [6, 6.07) is 3.33. The number of nitriles is 1. The van der Waals surface area contributed by atoms with E-state index in [1.165, 1.54) is 6.07 Å². The topological polar surface area (TPSA) is 132 Å². The first-order valence-electron chi connectivity index (χ1n) is 9.60. The summed E-state index contributed by atoms with van der Waals surface area (Å²) in [5.74, 6) is -2.62. The number of pyridine rings is 1. The molecule has 1 aliphatic rings. The number of carbonyl (C=O) groups is 2. The molecule has 0 saturated heterocycles. The Morgan fingerprint density at radius 2 is 1.83 bits per heavy atom. The van der Waals surface area contributed by atoms with Gasteiger partial charge < -0.3 is 5.11 Å². The van der Waals surface area contributed by atoms with Crippen molar-refractivity contribution in [2.75, 3.05) is 6.54 Å². The fraction of sp³-hybridized carbons (Fsp3) is 0.286. The Morgan fingerprint density at radius 1 is 1.20 bits per heavy atom. The first kappa shape index (κ1) is 27.2. The molecule has 0 bridgehead atoms. The Labute approximate surface area is 206 Å². The number of hydrogen-bond donors (Lipinski definition) is 1. The van der Waals surface area contributed by atoms with E-state index in [0.29, 0.717) is 4.57 Å². The second-order valence-corrected chi connectivity index (χ2v) is 7.71. The van der Waals surface area contributed by atoms with Crippen LogP contribution in [0.25, 0.3) is 4.85 Å². The van der Waals surface area contributed by atoms with Crippen molar-refractivity contribution in [2.45, 2.75) is 20.0 Å². The van der Waals surface area contributed by atoms with Gasteiger partial charge in [0.05, 0.1) is 17.8 Å². The molecule has 0 fully saturated rings. The number of halogens is 3. The van der Waals surface area contributed by atoms with Gasteiger partial charge in [0, 0.05) is 19.2 Å². The van der Waals surface area contributed by atoms with Crippen LogP contribution < -0.4 is 5.56 Å². The summed E-state index contributed by atoms with van der Waals surface area (Å²) in [6.45, 7) is 11.0. The minimum atomic E-state index is -5.23. The van der Waals surface area contributed by atoms with Crippen LogP contribution in [0.3, 0.4) is 0 Å². The Hall–Kier alpha value is -4.00.